The SMILES string of the molecule is Brc1cccc2cc[c-](-c3ccccc3)c12.Brc1cccc2cc[c-](-c3ccccc3)c12.[Cl][Zr][Cl].[SH-]. The third-order valence-electron chi connectivity index (χ3n) is 5.66. The van der Waals surface area contributed by atoms with Gasteiger partial charge >= 0.3 is 37.9 Å². The molecule has 0 fully saturated rings. The Kier molecular flexibility index (Phi) is 12.0. The number of hydrogen-bond acceptors (Lipinski definition) is 1. The summed E-state index contributed by atoms with van der Waals surface area (Å²) in [7, 11) is 9.87. The summed E-state index contributed by atoms with van der Waals surface area (Å²) >= 11 is 6.42. The molecule has 0 saturated heterocycles. The second-order valence-electron chi connectivity index (χ2n) is 7.71. The maximum absolute atomic E-state index is 4.93. The summed E-state index contributed by atoms with van der Waals surface area (Å²) in [6.07, 6.45) is 0. The number of rotatable bonds is 2. The zero-order chi connectivity index (χ0) is 24.6. The molecule has 0 spiro atoms. The van der Waals surface area contributed by atoms with E-state index in [1.807, 2.05) is 12.1 Å². The Morgan fingerprint density at radius 3 is 1.22 bits per heavy atom. The summed E-state index contributed by atoms with van der Waals surface area (Å²) < 4.78 is 2.32. The van der Waals surface area contributed by atoms with Crippen LogP contribution in [0.4, 0.5) is 0 Å². The van der Waals surface area contributed by atoms with E-state index in [4.69, 9.17) is 17.0 Å². The van der Waals surface area contributed by atoms with Gasteiger partial charge in [0.15, 0.2) is 0 Å². The van der Waals surface area contributed by atoms with E-state index < -0.39 is 20.8 Å². The molecule has 0 aromatic heterocycles. The minimum Gasteiger partial charge on any atom is -0.813 e. The summed E-state index contributed by atoms with van der Waals surface area (Å²) in [6.45, 7) is 0. The van der Waals surface area contributed by atoms with E-state index >= 15 is 0 Å². The fraction of sp³-hybridized carbons (Fsp3) is 0. The number of benzene rings is 4. The van der Waals surface area contributed by atoms with Crippen molar-refractivity contribution in [3.63, 3.8) is 0 Å². The molecule has 0 N–H and O–H groups in total. The second kappa shape index (κ2) is 14.7. The van der Waals surface area contributed by atoms with Crippen LogP contribution in [0, 0.1) is 0 Å². The molecule has 182 valence electrons. The molecule has 6 rings (SSSR count). The van der Waals surface area contributed by atoms with Crippen molar-refractivity contribution < 1.29 is 20.8 Å². The van der Waals surface area contributed by atoms with Crippen molar-refractivity contribution in [1.82, 2.24) is 0 Å². The zero-order valence-electron chi connectivity index (χ0n) is 19.0. The van der Waals surface area contributed by atoms with Crippen LogP contribution in [0.15, 0.2) is 130 Å². The molecule has 0 atom stereocenters. The summed E-state index contributed by atoms with van der Waals surface area (Å²) in [5.74, 6) is 0. The van der Waals surface area contributed by atoms with Gasteiger partial charge in [-0.2, -0.15) is 0 Å². The Morgan fingerprint density at radius 2 is 0.861 bits per heavy atom. The number of hydrogen-bond donors (Lipinski definition) is 0. The van der Waals surface area contributed by atoms with Crippen LogP contribution in [0.3, 0.4) is 0 Å². The zero-order valence-corrected chi connectivity index (χ0v) is 27.0. The van der Waals surface area contributed by atoms with Gasteiger partial charge in [0.25, 0.3) is 0 Å². The molecule has 36 heavy (non-hydrogen) atoms. The summed E-state index contributed by atoms with van der Waals surface area (Å²) in [5, 5.41) is 5.17. The Bertz CT molecular complexity index is 1400. The standard InChI is InChI=1S/2C15H10Br.2ClH.H2S.Zr/c2*16-14-8-4-7-12-9-10-13(15(12)14)11-5-2-1-3-6-11;;;;/h2*1-10H;2*1H;1H2;/q2*-1;;;;+2/p-3. The third-order valence-corrected chi connectivity index (χ3v) is 6.98. The van der Waals surface area contributed by atoms with E-state index in [9.17, 15) is 0 Å². The number of fused-ring (bicyclic) bond motifs is 2. The van der Waals surface area contributed by atoms with Crippen molar-refractivity contribution in [2.75, 3.05) is 0 Å². The van der Waals surface area contributed by atoms with Crippen molar-refractivity contribution in [3.8, 4) is 22.3 Å². The predicted molar refractivity (Wildman–Crippen MR) is 166 cm³/mol. The quantitative estimate of drug-likeness (QED) is 0.0970. The first kappa shape index (κ1) is 29.4. The van der Waals surface area contributed by atoms with Gasteiger partial charge in [-0.25, -0.2) is 0 Å². The molecule has 0 nitrogen and oxygen atoms in total. The van der Waals surface area contributed by atoms with Crippen LogP contribution >= 0.6 is 48.9 Å². The second-order valence-corrected chi connectivity index (χ2v) is 13.1. The van der Waals surface area contributed by atoms with Gasteiger partial charge in [-0.1, -0.05) is 137 Å². The molecule has 0 saturated carbocycles. The van der Waals surface area contributed by atoms with E-state index in [0.717, 1.165) is 8.95 Å². The van der Waals surface area contributed by atoms with Crippen molar-refractivity contribution in [2.24, 2.45) is 0 Å². The van der Waals surface area contributed by atoms with Gasteiger partial charge in [0.1, 0.15) is 0 Å². The van der Waals surface area contributed by atoms with Crippen LogP contribution in [0.1, 0.15) is 0 Å². The molecule has 0 bridgehead atoms. The topological polar surface area (TPSA) is 0 Å². The van der Waals surface area contributed by atoms with Crippen LogP contribution in [-0.2, 0) is 34.3 Å². The molecule has 0 amide bonds. The fourth-order valence-electron chi connectivity index (χ4n) is 4.16. The Morgan fingerprint density at radius 1 is 0.500 bits per heavy atom. The normalized spacial score (nSPS) is 10.0. The van der Waals surface area contributed by atoms with E-state index in [1.165, 1.54) is 43.8 Å². The van der Waals surface area contributed by atoms with Crippen LogP contribution in [-0.4, -0.2) is 0 Å². The molecule has 0 unspecified atom stereocenters. The van der Waals surface area contributed by atoms with Crippen molar-refractivity contribution in [1.29, 1.82) is 0 Å². The maximum Gasteiger partial charge on any atom is -0.813 e. The minimum absolute atomic E-state index is 0. The van der Waals surface area contributed by atoms with Crippen LogP contribution in [0.25, 0.3) is 43.8 Å². The van der Waals surface area contributed by atoms with Gasteiger partial charge < -0.3 is 13.5 Å². The molecular weight excluding hydrogens is 714 g/mol. The van der Waals surface area contributed by atoms with Gasteiger partial charge in [0.2, 0.25) is 0 Å². The molecule has 0 aliphatic rings. The van der Waals surface area contributed by atoms with Crippen LogP contribution in [0.2, 0.25) is 0 Å². The molecule has 0 aliphatic carbocycles. The molecule has 6 aromatic carbocycles. The molecule has 6 heteroatoms. The van der Waals surface area contributed by atoms with Crippen molar-refractivity contribution >= 4 is 83.9 Å². The van der Waals surface area contributed by atoms with Crippen molar-refractivity contribution in [2.45, 2.75) is 0 Å². The Hall–Kier alpha value is -1.13. The first-order valence-electron chi connectivity index (χ1n) is 10.9. The van der Waals surface area contributed by atoms with Crippen LogP contribution in [0.5, 0.6) is 0 Å². The molecular formula is C30H21Br2Cl2SZr-3. The predicted octanol–water partition coefficient (Wildman–Crippen LogP) is 11.1. The van der Waals surface area contributed by atoms with Gasteiger partial charge in [-0.3, -0.25) is 0 Å². The largest absolute Gasteiger partial charge is 0.813 e. The van der Waals surface area contributed by atoms with Gasteiger partial charge in [0, 0.05) is 0 Å². The summed E-state index contributed by atoms with van der Waals surface area (Å²) in [5.41, 5.74) is 5.12. The first-order chi connectivity index (χ1) is 17.1. The van der Waals surface area contributed by atoms with Gasteiger partial charge in [-0.05, 0) is 8.95 Å². The fourth-order valence-corrected chi connectivity index (χ4v) is 5.35. The monoisotopic (exact) mass is 731 g/mol. The average Bonchev–Trinajstić information content (AvgIpc) is 3.52. The smallest absolute Gasteiger partial charge is 0.813 e. The maximum atomic E-state index is 4.93. The Balaban J connectivity index is 0.000000177. The van der Waals surface area contributed by atoms with Gasteiger partial charge in [-0.15, -0.1) is 59.7 Å². The number of halogens is 4. The van der Waals surface area contributed by atoms with Crippen LogP contribution < -0.4 is 0 Å². The Labute approximate surface area is 254 Å². The van der Waals surface area contributed by atoms with E-state index in [0.29, 0.717) is 0 Å². The summed E-state index contributed by atoms with van der Waals surface area (Å²) in [4.78, 5) is 0. The van der Waals surface area contributed by atoms with E-state index in [2.05, 4.69) is 141 Å². The molecule has 0 heterocycles. The van der Waals surface area contributed by atoms with Gasteiger partial charge in [0.05, 0.1) is 0 Å². The third kappa shape index (κ3) is 7.04. The minimum atomic E-state index is -0.826. The van der Waals surface area contributed by atoms with Crippen molar-refractivity contribution in [3.05, 3.63) is 130 Å². The molecule has 0 aliphatic heterocycles. The summed E-state index contributed by atoms with van der Waals surface area (Å²) in [6, 6.07) is 42.3. The number of thiol groups is 1. The first-order valence-corrected chi connectivity index (χ1v) is 18.8. The van der Waals surface area contributed by atoms with E-state index in [-0.39, 0.29) is 13.5 Å². The average molecular weight is 736 g/mol. The van der Waals surface area contributed by atoms with E-state index in [1.54, 1.807) is 0 Å². The molecule has 6 aromatic rings. The molecule has 0 radical (unpaired) electrons.